The van der Waals surface area contributed by atoms with E-state index >= 15 is 0 Å². The fraction of sp³-hybridized carbons (Fsp3) is 0.543. The zero-order valence-corrected chi connectivity index (χ0v) is 25.9. The van der Waals surface area contributed by atoms with Crippen molar-refractivity contribution in [3.05, 3.63) is 77.6 Å². The van der Waals surface area contributed by atoms with Crippen LogP contribution in [0.15, 0.2) is 71.4 Å². The number of pyridine rings is 1. The Balaban J connectivity index is 1.02. The second-order valence-electron chi connectivity index (χ2n) is 13.4. The number of nitrogens with zero attached hydrogens (tertiary/aromatic N) is 1. The lowest BCUT2D eigenvalue weighted by Gasteiger charge is -2.57. The van der Waals surface area contributed by atoms with Crippen LogP contribution < -0.4 is 0 Å². The summed E-state index contributed by atoms with van der Waals surface area (Å²) in [6.45, 7) is 6.81. The molecular weight excluding hydrogens is 546 g/mol. The molecule has 2 fully saturated rings. The van der Waals surface area contributed by atoms with Gasteiger partial charge in [-0.15, -0.1) is 0 Å². The number of fused-ring (bicyclic) bond motifs is 5. The molecule has 2 aromatic rings. The predicted octanol–water partition coefficient (Wildman–Crippen LogP) is 7.44. The summed E-state index contributed by atoms with van der Waals surface area (Å²) in [5.74, 6) is 1.73. The number of esters is 1. The molecule has 0 bridgehead atoms. The van der Waals surface area contributed by atoms with Crippen LogP contribution in [0.5, 0.6) is 0 Å². The lowest BCUT2D eigenvalue weighted by atomic mass is 9.47. The Bertz CT molecular complexity index is 1480. The van der Waals surface area contributed by atoms with E-state index < -0.39 is 10.1 Å². The summed E-state index contributed by atoms with van der Waals surface area (Å²) in [6, 6.07) is 10.8. The van der Waals surface area contributed by atoms with Gasteiger partial charge in [-0.3, -0.25) is 14.0 Å². The molecule has 42 heavy (non-hydrogen) atoms. The number of rotatable bonds is 8. The van der Waals surface area contributed by atoms with Crippen LogP contribution in [0, 0.1) is 35.5 Å². The van der Waals surface area contributed by atoms with Crippen LogP contribution in [-0.2, 0) is 23.8 Å². The second-order valence-corrected chi connectivity index (χ2v) is 15.0. The SMILES string of the molecule is Cc1ccc(S(=O)(=O)OCCCC(=O)O[C@H]2CC[C@@]3(C)C(=CCC4C3CC[C@]3(C)C(c5cccnc5)=CCC43)C2)cc1. The van der Waals surface area contributed by atoms with Crippen molar-refractivity contribution in [3.63, 3.8) is 0 Å². The van der Waals surface area contributed by atoms with Gasteiger partial charge in [-0.1, -0.05) is 55.3 Å². The fourth-order valence-corrected chi connectivity index (χ4v) is 9.61. The summed E-state index contributed by atoms with van der Waals surface area (Å²) < 4.78 is 35.8. The first-order valence-corrected chi connectivity index (χ1v) is 17.0. The van der Waals surface area contributed by atoms with E-state index in [0.717, 1.165) is 37.7 Å². The van der Waals surface area contributed by atoms with E-state index in [0.29, 0.717) is 24.2 Å². The Morgan fingerprint density at radius 2 is 1.79 bits per heavy atom. The molecule has 224 valence electrons. The first-order chi connectivity index (χ1) is 20.1. The van der Waals surface area contributed by atoms with Gasteiger partial charge in [-0.2, -0.15) is 8.42 Å². The van der Waals surface area contributed by atoms with E-state index in [2.05, 4.69) is 37.0 Å². The summed E-state index contributed by atoms with van der Waals surface area (Å²) in [6.07, 6.45) is 16.6. The zero-order chi connectivity index (χ0) is 29.5. The molecule has 6 nitrogen and oxygen atoms in total. The van der Waals surface area contributed by atoms with Crippen molar-refractivity contribution in [1.82, 2.24) is 4.98 Å². The highest BCUT2D eigenvalue weighted by molar-refractivity contribution is 7.86. The van der Waals surface area contributed by atoms with Crippen molar-refractivity contribution in [3.8, 4) is 0 Å². The van der Waals surface area contributed by atoms with Crippen molar-refractivity contribution in [2.45, 2.75) is 89.6 Å². The van der Waals surface area contributed by atoms with Crippen LogP contribution in [0.2, 0.25) is 0 Å². The minimum absolute atomic E-state index is 0.0420. The minimum atomic E-state index is -3.82. The van der Waals surface area contributed by atoms with Gasteiger partial charge >= 0.3 is 5.97 Å². The van der Waals surface area contributed by atoms with Crippen LogP contribution in [-0.4, -0.2) is 32.1 Å². The van der Waals surface area contributed by atoms with Gasteiger partial charge in [-0.05, 0) is 110 Å². The molecule has 0 amide bonds. The molecule has 4 aliphatic rings. The van der Waals surface area contributed by atoms with Crippen LogP contribution in [0.25, 0.3) is 5.57 Å². The van der Waals surface area contributed by atoms with Gasteiger partial charge in [0, 0.05) is 25.2 Å². The van der Waals surface area contributed by atoms with Gasteiger partial charge in [0.15, 0.2) is 0 Å². The Labute approximate surface area is 250 Å². The molecule has 1 aromatic heterocycles. The summed E-state index contributed by atoms with van der Waals surface area (Å²) in [5.41, 5.74) is 5.60. The highest BCUT2D eigenvalue weighted by Crippen LogP contribution is 2.66. The molecule has 7 heteroatoms. The Morgan fingerprint density at radius 1 is 1.00 bits per heavy atom. The van der Waals surface area contributed by atoms with Gasteiger partial charge in [0.25, 0.3) is 10.1 Å². The predicted molar refractivity (Wildman–Crippen MR) is 163 cm³/mol. The number of hydrogen-bond donors (Lipinski definition) is 0. The number of ether oxygens (including phenoxy) is 1. The summed E-state index contributed by atoms with van der Waals surface area (Å²) in [7, 11) is -3.82. The van der Waals surface area contributed by atoms with E-state index in [1.54, 1.807) is 12.1 Å². The van der Waals surface area contributed by atoms with Gasteiger partial charge in [-0.25, -0.2) is 0 Å². The maximum atomic E-state index is 12.7. The van der Waals surface area contributed by atoms with Gasteiger partial charge in [0.05, 0.1) is 11.5 Å². The third-order valence-corrected chi connectivity index (χ3v) is 12.3. The highest BCUT2D eigenvalue weighted by Gasteiger charge is 2.57. The van der Waals surface area contributed by atoms with Crippen molar-refractivity contribution in [2.75, 3.05) is 6.61 Å². The number of carbonyl (C=O) groups is 1. The molecule has 1 aromatic carbocycles. The molecule has 0 spiro atoms. The quantitative estimate of drug-likeness (QED) is 0.138. The van der Waals surface area contributed by atoms with Crippen molar-refractivity contribution in [1.29, 1.82) is 0 Å². The third-order valence-electron chi connectivity index (χ3n) is 11.0. The summed E-state index contributed by atoms with van der Waals surface area (Å²) in [4.78, 5) is 17.2. The Hall–Kier alpha value is -2.77. The smallest absolute Gasteiger partial charge is 0.306 e. The molecule has 6 rings (SSSR count). The number of allylic oxidation sites excluding steroid dienone is 3. The Kier molecular flexibility index (Phi) is 7.94. The van der Waals surface area contributed by atoms with E-state index in [1.165, 1.54) is 41.7 Å². The van der Waals surface area contributed by atoms with Crippen molar-refractivity contribution < 1.29 is 22.1 Å². The van der Waals surface area contributed by atoms with E-state index in [-0.39, 0.29) is 40.8 Å². The fourth-order valence-electron chi connectivity index (χ4n) is 8.67. The van der Waals surface area contributed by atoms with Crippen LogP contribution in [0.1, 0.15) is 82.8 Å². The van der Waals surface area contributed by atoms with Crippen LogP contribution in [0.3, 0.4) is 0 Å². The van der Waals surface area contributed by atoms with E-state index in [9.17, 15) is 13.2 Å². The van der Waals surface area contributed by atoms with Gasteiger partial charge < -0.3 is 4.74 Å². The average molecular weight is 590 g/mol. The van der Waals surface area contributed by atoms with Gasteiger partial charge in [0.1, 0.15) is 6.10 Å². The molecule has 0 radical (unpaired) electrons. The molecule has 3 unspecified atom stereocenters. The molecule has 4 aliphatic carbocycles. The molecule has 0 N–H and O–H groups in total. The highest BCUT2D eigenvalue weighted by atomic mass is 32.2. The molecule has 2 saturated carbocycles. The van der Waals surface area contributed by atoms with E-state index in [1.807, 2.05) is 25.4 Å². The van der Waals surface area contributed by atoms with Crippen LogP contribution >= 0.6 is 0 Å². The zero-order valence-electron chi connectivity index (χ0n) is 25.1. The number of aromatic nitrogens is 1. The normalized spacial score (nSPS) is 32.2. The molecule has 1 heterocycles. The standard InChI is InChI=1S/C35H43NO5S/c1-24-8-11-28(12-9-24)42(38,39)40-21-5-7-33(37)41-27-16-18-34(2)26(22-27)10-13-29-31-15-14-30(25-6-4-20-36-23-25)35(31,3)19-17-32(29)34/h4,6,8-12,14,20,23,27,29,31-32H,5,7,13,15-19,21-22H2,1-3H3/t27-,29?,31?,32?,34-,35+/m0/s1. The largest absolute Gasteiger partial charge is 0.462 e. The average Bonchev–Trinajstić information content (AvgIpc) is 3.33. The second kappa shape index (κ2) is 11.4. The maximum Gasteiger partial charge on any atom is 0.306 e. The number of hydrogen-bond acceptors (Lipinski definition) is 6. The number of benzene rings is 1. The molecule has 0 aliphatic heterocycles. The lowest BCUT2D eigenvalue weighted by molar-refractivity contribution is -0.151. The molecule has 6 atom stereocenters. The molecule has 0 saturated heterocycles. The first-order valence-electron chi connectivity index (χ1n) is 15.6. The first kappa shape index (κ1) is 29.3. The lowest BCUT2D eigenvalue weighted by Crippen LogP contribution is -2.50. The summed E-state index contributed by atoms with van der Waals surface area (Å²) in [5, 5.41) is 0. The monoisotopic (exact) mass is 589 g/mol. The minimum Gasteiger partial charge on any atom is -0.462 e. The van der Waals surface area contributed by atoms with E-state index in [4.69, 9.17) is 8.92 Å². The van der Waals surface area contributed by atoms with Crippen molar-refractivity contribution in [2.24, 2.45) is 28.6 Å². The van der Waals surface area contributed by atoms with Crippen LogP contribution in [0.4, 0.5) is 0 Å². The van der Waals surface area contributed by atoms with Crippen molar-refractivity contribution >= 4 is 21.7 Å². The van der Waals surface area contributed by atoms with Gasteiger partial charge in [0.2, 0.25) is 0 Å². The maximum absolute atomic E-state index is 12.7. The third kappa shape index (κ3) is 5.39. The Morgan fingerprint density at radius 3 is 2.55 bits per heavy atom. The number of carbonyl (C=O) groups excluding carboxylic acids is 1. The summed E-state index contributed by atoms with van der Waals surface area (Å²) >= 11 is 0. The topological polar surface area (TPSA) is 82.6 Å². The molecular formula is C35H43NO5S. The number of aryl methyl sites for hydroxylation is 1.